The molecule has 1 amide bonds. The first-order valence-electron chi connectivity index (χ1n) is 7.97. The molecule has 2 rings (SSSR count). The zero-order chi connectivity index (χ0) is 17.5. The molecule has 1 aliphatic heterocycles. The first kappa shape index (κ1) is 17.9. The van der Waals surface area contributed by atoms with E-state index < -0.39 is 30.1 Å². The Labute approximate surface area is 140 Å². The Hall–Kier alpha value is -2.41. The normalized spacial score (nSPS) is 21.1. The minimum absolute atomic E-state index is 0.142. The minimum Gasteiger partial charge on any atom is -0.481 e. The van der Waals surface area contributed by atoms with E-state index in [0.29, 0.717) is 6.42 Å². The lowest BCUT2D eigenvalue weighted by Crippen LogP contribution is -2.50. The van der Waals surface area contributed by atoms with Gasteiger partial charge >= 0.3 is 11.9 Å². The van der Waals surface area contributed by atoms with Crippen LogP contribution >= 0.6 is 0 Å². The Morgan fingerprint density at radius 3 is 2.71 bits per heavy atom. The fourth-order valence-corrected chi connectivity index (χ4v) is 2.83. The number of hydrogen-bond acceptors (Lipinski definition) is 5. The van der Waals surface area contributed by atoms with Crippen LogP contribution < -0.4 is 10.6 Å². The lowest BCUT2D eigenvalue weighted by molar-refractivity contribution is -0.146. The lowest BCUT2D eigenvalue weighted by atomic mass is 10.0. The van der Waals surface area contributed by atoms with Gasteiger partial charge in [0.15, 0.2) is 0 Å². The van der Waals surface area contributed by atoms with Crippen molar-refractivity contribution in [3.63, 3.8) is 0 Å². The maximum Gasteiger partial charge on any atom is 0.323 e. The van der Waals surface area contributed by atoms with Crippen LogP contribution in [0.15, 0.2) is 30.3 Å². The van der Waals surface area contributed by atoms with E-state index in [1.807, 2.05) is 30.3 Å². The van der Waals surface area contributed by atoms with E-state index in [4.69, 9.17) is 9.84 Å². The second-order valence-electron chi connectivity index (χ2n) is 5.74. The average molecular weight is 334 g/mol. The van der Waals surface area contributed by atoms with Gasteiger partial charge in [-0.15, -0.1) is 0 Å². The zero-order valence-electron chi connectivity index (χ0n) is 13.5. The number of esters is 1. The molecule has 0 bridgehead atoms. The summed E-state index contributed by atoms with van der Waals surface area (Å²) < 4.78 is 5.11. The molecule has 7 nitrogen and oxygen atoms in total. The zero-order valence-corrected chi connectivity index (χ0v) is 13.5. The van der Waals surface area contributed by atoms with E-state index in [9.17, 15) is 14.4 Å². The van der Waals surface area contributed by atoms with Crippen molar-refractivity contribution in [2.75, 3.05) is 6.61 Å². The summed E-state index contributed by atoms with van der Waals surface area (Å²) in [5.74, 6) is -1.62. The van der Waals surface area contributed by atoms with Gasteiger partial charge in [-0.25, -0.2) is 0 Å². The second-order valence-corrected chi connectivity index (χ2v) is 5.74. The molecule has 7 heteroatoms. The van der Waals surface area contributed by atoms with Crippen molar-refractivity contribution in [2.24, 2.45) is 0 Å². The van der Waals surface area contributed by atoms with E-state index in [-0.39, 0.29) is 25.4 Å². The third-order valence-electron chi connectivity index (χ3n) is 3.90. The van der Waals surface area contributed by atoms with E-state index in [0.717, 1.165) is 5.56 Å². The van der Waals surface area contributed by atoms with Crippen LogP contribution in [0.4, 0.5) is 0 Å². The fraction of sp³-hybridized carbons (Fsp3) is 0.471. The summed E-state index contributed by atoms with van der Waals surface area (Å²) >= 11 is 0. The number of carboxylic acid groups (broad SMARTS) is 1. The maximum atomic E-state index is 12.2. The van der Waals surface area contributed by atoms with E-state index in [2.05, 4.69) is 10.6 Å². The lowest BCUT2D eigenvalue weighted by Gasteiger charge is -2.24. The summed E-state index contributed by atoms with van der Waals surface area (Å²) in [6, 6.07) is 7.85. The van der Waals surface area contributed by atoms with Crippen LogP contribution in [-0.2, 0) is 25.5 Å². The minimum atomic E-state index is -0.996. The highest BCUT2D eigenvalue weighted by Gasteiger charge is 2.36. The largest absolute Gasteiger partial charge is 0.481 e. The van der Waals surface area contributed by atoms with Gasteiger partial charge in [0, 0.05) is 12.5 Å². The average Bonchev–Trinajstić information content (AvgIpc) is 2.86. The monoisotopic (exact) mass is 334 g/mol. The SMILES string of the molecule is CCOC(=O)[C@H](Cc1ccccc1)N[C@H]1CC(=O)N[C@H]1CC(=O)O. The standard InChI is InChI=1S/C17H22N2O5/c1-2-24-17(23)14(8-11-6-4-3-5-7-11)18-12-9-15(20)19-13(12)10-16(21)22/h3-7,12-14,18H,2,8-10H2,1H3,(H,19,20)(H,21,22)/t12-,13-,14-/m0/s1. The van der Waals surface area contributed by atoms with Crippen LogP contribution in [0.2, 0.25) is 0 Å². The van der Waals surface area contributed by atoms with Crippen LogP contribution in [0.5, 0.6) is 0 Å². The molecule has 1 aliphatic rings. The molecule has 0 aliphatic carbocycles. The highest BCUT2D eigenvalue weighted by Crippen LogP contribution is 2.15. The molecule has 0 unspecified atom stereocenters. The van der Waals surface area contributed by atoms with Crippen LogP contribution in [0, 0.1) is 0 Å². The molecule has 3 atom stereocenters. The number of amides is 1. The molecule has 0 saturated carbocycles. The highest BCUT2D eigenvalue weighted by atomic mass is 16.5. The number of ether oxygens (including phenoxy) is 1. The van der Waals surface area contributed by atoms with Crippen LogP contribution in [0.25, 0.3) is 0 Å². The quantitative estimate of drug-likeness (QED) is 0.597. The van der Waals surface area contributed by atoms with Crippen LogP contribution in [0.3, 0.4) is 0 Å². The van der Waals surface area contributed by atoms with Gasteiger partial charge < -0.3 is 15.2 Å². The van der Waals surface area contributed by atoms with E-state index in [1.165, 1.54) is 0 Å². The fourth-order valence-electron chi connectivity index (χ4n) is 2.83. The molecule has 3 N–H and O–H groups in total. The summed E-state index contributed by atoms with van der Waals surface area (Å²) in [5.41, 5.74) is 0.954. The molecular weight excluding hydrogens is 312 g/mol. The highest BCUT2D eigenvalue weighted by molar-refractivity contribution is 5.82. The van der Waals surface area contributed by atoms with Crippen molar-refractivity contribution in [3.8, 4) is 0 Å². The number of aliphatic carboxylic acids is 1. The summed E-state index contributed by atoms with van der Waals surface area (Å²) in [4.78, 5) is 34.8. The van der Waals surface area contributed by atoms with Gasteiger partial charge in [-0.1, -0.05) is 30.3 Å². The maximum absolute atomic E-state index is 12.2. The van der Waals surface area contributed by atoms with Crippen molar-refractivity contribution in [1.82, 2.24) is 10.6 Å². The van der Waals surface area contributed by atoms with Gasteiger partial charge in [0.25, 0.3) is 0 Å². The molecule has 1 heterocycles. The summed E-state index contributed by atoms with van der Waals surface area (Å²) in [7, 11) is 0. The predicted octanol–water partition coefficient (Wildman–Crippen LogP) is 0.482. The molecule has 24 heavy (non-hydrogen) atoms. The topological polar surface area (TPSA) is 105 Å². The molecule has 0 aromatic heterocycles. The smallest absolute Gasteiger partial charge is 0.323 e. The number of hydrogen-bond donors (Lipinski definition) is 3. The van der Waals surface area contributed by atoms with Crippen molar-refractivity contribution in [1.29, 1.82) is 0 Å². The van der Waals surface area contributed by atoms with Gasteiger partial charge in [0.2, 0.25) is 5.91 Å². The summed E-state index contributed by atoms with van der Waals surface area (Å²) in [6.45, 7) is 1.98. The Bertz CT molecular complexity index is 590. The molecule has 0 spiro atoms. The number of benzene rings is 1. The second kappa shape index (κ2) is 8.44. The third kappa shape index (κ3) is 5.06. The molecule has 0 radical (unpaired) electrons. The first-order valence-corrected chi connectivity index (χ1v) is 7.97. The third-order valence-corrected chi connectivity index (χ3v) is 3.90. The van der Waals surface area contributed by atoms with Crippen molar-refractivity contribution >= 4 is 17.8 Å². The van der Waals surface area contributed by atoms with Gasteiger partial charge in [-0.05, 0) is 18.9 Å². The Morgan fingerprint density at radius 1 is 1.38 bits per heavy atom. The van der Waals surface area contributed by atoms with Gasteiger partial charge in [0.05, 0.1) is 19.1 Å². The van der Waals surface area contributed by atoms with E-state index >= 15 is 0 Å². The number of carbonyl (C=O) groups excluding carboxylic acids is 2. The Kier molecular flexibility index (Phi) is 6.31. The van der Waals surface area contributed by atoms with Crippen molar-refractivity contribution in [2.45, 2.75) is 44.3 Å². The first-order chi connectivity index (χ1) is 11.5. The van der Waals surface area contributed by atoms with Crippen LogP contribution in [0.1, 0.15) is 25.3 Å². The predicted molar refractivity (Wildman–Crippen MR) is 86.3 cm³/mol. The molecule has 1 saturated heterocycles. The van der Waals surface area contributed by atoms with E-state index in [1.54, 1.807) is 6.92 Å². The Morgan fingerprint density at radius 2 is 2.08 bits per heavy atom. The molecule has 1 aromatic carbocycles. The number of rotatable bonds is 8. The van der Waals surface area contributed by atoms with Crippen molar-refractivity contribution < 1.29 is 24.2 Å². The molecular formula is C17H22N2O5. The number of carboxylic acids is 1. The number of nitrogens with one attached hydrogen (secondary N) is 2. The number of carbonyl (C=O) groups is 3. The van der Waals surface area contributed by atoms with Crippen LogP contribution in [-0.4, -0.2) is 47.7 Å². The summed E-state index contributed by atoms with van der Waals surface area (Å²) in [6.07, 6.45) is 0.358. The molecule has 1 aromatic rings. The molecule has 130 valence electrons. The van der Waals surface area contributed by atoms with Gasteiger partial charge in [-0.2, -0.15) is 0 Å². The molecule has 1 fully saturated rings. The van der Waals surface area contributed by atoms with Gasteiger partial charge in [0.1, 0.15) is 6.04 Å². The Balaban J connectivity index is 2.09. The van der Waals surface area contributed by atoms with Gasteiger partial charge in [-0.3, -0.25) is 19.7 Å². The summed E-state index contributed by atoms with van der Waals surface area (Å²) in [5, 5.41) is 14.7. The van der Waals surface area contributed by atoms with Crippen molar-refractivity contribution in [3.05, 3.63) is 35.9 Å².